The summed E-state index contributed by atoms with van der Waals surface area (Å²) < 4.78 is 12.8. The third kappa shape index (κ3) is 4.42. The maximum absolute atomic E-state index is 11.3. The average Bonchev–Trinajstić information content (AvgIpc) is 3.15. The van der Waals surface area contributed by atoms with Gasteiger partial charge in [0, 0.05) is 19.3 Å². The van der Waals surface area contributed by atoms with E-state index >= 15 is 0 Å². The van der Waals surface area contributed by atoms with Crippen LogP contribution in [0.15, 0.2) is 30.3 Å². The van der Waals surface area contributed by atoms with Gasteiger partial charge in [-0.05, 0) is 51.5 Å². The van der Waals surface area contributed by atoms with Crippen LogP contribution < -0.4 is 0 Å². The number of carbonyl (C=O) groups is 1. The molecule has 1 saturated carbocycles. The van der Waals surface area contributed by atoms with E-state index in [9.17, 15) is 9.90 Å². The molecule has 1 aromatic carbocycles. The standard InChI is InChI=1S/C21H30O4/c1-20(2,19(22)23)12-8-11-17-18(15-16-9-4-3-5-10-16)25-21(24-17)13-6-7-14-21/h3-5,9-10,17-18H,6-8,11-15H2,1-2H3,(H,22,23)/t17-,18-/m1/s1. The van der Waals surface area contributed by atoms with Gasteiger partial charge in [-0.2, -0.15) is 0 Å². The molecule has 1 spiro atoms. The van der Waals surface area contributed by atoms with E-state index in [2.05, 4.69) is 24.3 Å². The number of carboxylic acids is 1. The second-order valence-electron chi connectivity index (χ2n) is 8.20. The molecule has 0 bridgehead atoms. The summed E-state index contributed by atoms with van der Waals surface area (Å²) in [5.74, 6) is -1.11. The van der Waals surface area contributed by atoms with Gasteiger partial charge < -0.3 is 14.6 Å². The molecule has 25 heavy (non-hydrogen) atoms. The summed E-state index contributed by atoms with van der Waals surface area (Å²) in [6, 6.07) is 10.4. The quantitative estimate of drug-likeness (QED) is 0.786. The van der Waals surface area contributed by atoms with Crippen molar-refractivity contribution in [2.45, 2.75) is 83.2 Å². The van der Waals surface area contributed by atoms with Crippen LogP contribution in [0.25, 0.3) is 0 Å². The summed E-state index contributed by atoms with van der Waals surface area (Å²) in [6.07, 6.45) is 7.63. The Morgan fingerprint density at radius 1 is 1.16 bits per heavy atom. The molecule has 0 unspecified atom stereocenters. The largest absolute Gasteiger partial charge is 0.481 e. The Hall–Kier alpha value is -1.39. The van der Waals surface area contributed by atoms with Crippen LogP contribution in [0.5, 0.6) is 0 Å². The van der Waals surface area contributed by atoms with Crippen LogP contribution in [0.2, 0.25) is 0 Å². The maximum atomic E-state index is 11.3. The number of benzene rings is 1. The molecule has 1 heterocycles. The summed E-state index contributed by atoms with van der Waals surface area (Å²) in [5, 5.41) is 9.29. The minimum Gasteiger partial charge on any atom is -0.481 e. The van der Waals surface area contributed by atoms with Crippen LogP contribution in [0, 0.1) is 5.41 Å². The van der Waals surface area contributed by atoms with E-state index in [1.54, 1.807) is 13.8 Å². The highest BCUT2D eigenvalue weighted by molar-refractivity contribution is 5.73. The van der Waals surface area contributed by atoms with Crippen LogP contribution in [0.1, 0.15) is 64.4 Å². The first-order chi connectivity index (χ1) is 11.9. The van der Waals surface area contributed by atoms with Crippen molar-refractivity contribution in [3.63, 3.8) is 0 Å². The molecule has 2 aliphatic rings. The van der Waals surface area contributed by atoms with Gasteiger partial charge in [0.05, 0.1) is 17.6 Å². The molecule has 4 nitrogen and oxygen atoms in total. The third-order valence-corrected chi connectivity index (χ3v) is 5.66. The van der Waals surface area contributed by atoms with Crippen molar-refractivity contribution in [1.82, 2.24) is 0 Å². The van der Waals surface area contributed by atoms with Gasteiger partial charge >= 0.3 is 5.97 Å². The Morgan fingerprint density at radius 2 is 1.80 bits per heavy atom. The van der Waals surface area contributed by atoms with Crippen LogP contribution >= 0.6 is 0 Å². The summed E-state index contributed by atoms with van der Waals surface area (Å²) in [7, 11) is 0. The van der Waals surface area contributed by atoms with Crippen LogP contribution in [-0.2, 0) is 20.7 Å². The molecule has 2 fully saturated rings. The lowest BCUT2D eigenvalue weighted by Crippen LogP contribution is -2.27. The highest BCUT2D eigenvalue weighted by Crippen LogP contribution is 2.44. The Balaban J connectivity index is 1.63. The Bertz CT molecular complexity index is 575. The molecule has 4 heteroatoms. The first-order valence-corrected chi connectivity index (χ1v) is 9.53. The lowest BCUT2D eigenvalue weighted by Gasteiger charge is -2.22. The molecular formula is C21H30O4. The predicted molar refractivity (Wildman–Crippen MR) is 96.4 cm³/mol. The smallest absolute Gasteiger partial charge is 0.309 e. The van der Waals surface area contributed by atoms with Gasteiger partial charge in [0.2, 0.25) is 0 Å². The highest BCUT2D eigenvalue weighted by Gasteiger charge is 2.48. The van der Waals surface area contributed by atoms with Crippen molar-refractivity contribution in [2.75, 3.05) is 0 Å². The van der Waals surface area contributed by atoms with Crippen molar-refractivity contribution in [3.05, 3.63) is 35.9 Å². The summed E-state index contributed by atoms with van der Waals surface area (Å²) in [6.45, 7) is 3.59. The topological polar surface area (TPSA) is 55.8 Å². The van der Waals surface area contributed by atoms with E-state index in [4.69, 9.17) is 9.47 Å². The minimum atomic E-state index is -0.732. The van der Waals surface area contributed by atoms with E-state index in [1.165, 1.54) is 5.56 Å². The molecule has 1 aliphatic heterocycles. The van der Waals surface area contributed by atoms with Gasteiger partial charge in [0.15, 0.2) is 5.79 Å². The van der Waals surface area contributed by atoms with Crippen molar-refractivity contribution in [2.24, 2.45) is 5.41 Å². The van der Waals surface area contributed by atoms with E-state index in [0.717, 1.165) is 44.9 Å². The second-order valence-corrected chi connectivity index (χ2v) is 8.20. The van der Waals surface area contributed by atoms with E-state index in [-0.39, 0.29) is 18.0 Å². The number of ether oxygens (including phenoxy) is 2. The average molecular weight is 346 g/mol. The molecule has 0 aromatic heterocycles. The maximum Gasteiger partial charge on any atom is 0.309 e. The molecule has 3 rings (SSSR count). The lowest BCUT2D eigenvalue weighted by molar-refractivity contribution is -0.169. The number of carboxylic acid groups (broad SMARTS) is 1. The van der Waals surface area contributed by atoms with Gasteiger partial charge in [0.1, 0.15) is 0 Å². The van der Waals surface area contributed by atoms with E-state index < -0.39 is 11.4 Å². The first-order valence-electron chi connectivity index (χ1n) is 9.53. The van der Waals surface area contributed by atoms with Crippen molar-refractivity contribution in [3.8, 4) is 0 Å². The first kappa shape index (κ1) is 18.4. The Labute approximate surface area is 150 Å². The molecule has 1 aromatic rings. The molecular weight excluding hydrogens is 316 g/mol. The zero-order chi connectivity index (χ0) is 17.9. The van der Waals surface area contributed by atoms with Crippen molar-refractivity contribution in [1.29, 1.82) is 0 Å². The highest BCUT2D eigenvalue weighted by atomic mass is 16.8. The second kappa shape index (κ2) is 7.46. The Kier molecular flexibility index (Phi) is 5.49. The summed E-state index contributed by atoms with van der Waals surface area (Å²) >= 11 is 0. The lowest BCUT2D eigenvalue weighted by atomic mass is 9.86. The fourth-order valence-electron chi connectivity index (χ4n) is 4.00. The minimum absolute atomic E-state index is 0.0582. The van der Waals surface area contributed by atoms with Crippen LogP contribution in [-0.4, -0.2) is 29.1 Å². The molecule has 0 amide bonds. The van der Waals surface area contributed by atoms with Crippen LogP contribution in [0.3, 0.4) is 0 Å². The van der Waals surface area contributed by atoms with Gasteiger partial charge in [-0.1, -0.05) is 30.3 Å². The van der Waals surface area contributed by atoms with Crippen LogP contribution in [0.4, 0.5) is 0 Å². The van der Waals surface area contributed by atoms with Crippen molar-refractivity contribution >= 4 is 5.97 Å². The number of hydrogen-bond acceptors (Lipinski definition) is 3. The molecule has 1 aliphatic carbocycles. The fourth-order valence-corrected chi connectivity index (χ4v) is 4.00. The molecule has 1 N–H and O–H groups in total. The fraction of sp³-hybridized carbons (Fsp3) is 0.667. The van der Waals surface area contributed by atoms with Crippen molar-refractivity contribution < 1.29 is 19.4 Å². The molecule has 2 atom stereocenters. The number of rotatable bonds is 7. The van der Waals surface area contributed by atoms with Gasteiger partial charge in [-0.25, -0.2) is 0 Å². The van der Waals surface area contributed by atoms with Gasteiger partial charge in [-0.3, -0.25) is 4.79 Å². The normalized spacial score (nSPS) is 25.5. The third-order valence-electron chi connectivity index (χ3n) is 5.66. The van der Waals surface area contributed by atoms with E-state index in [1.807, 2.05) is 6.07 Å². The molecule has 138 valence electrons. The molecule has 1 saturated heterocycles. The SMILES string of the molecule is CC(C)(CCC[C@H]1OC2(CCCC2)O[C@@H]1Cc1ccccc1)C(=O)O. The summed E-state index contributed by atoms with van der Waals surface area (Å²) in [5.41, 5.74) is 0.585. The number of aliphatic carboxylic acids is 1. The number of hydrogen-bond donors (Lipinski definition) is 1. The van der Waals surface area contributed by atoms with E-state index in [0.29, 0.717) is 6.42 Å². The van der Waals surface area contributed by atoms with Gasteiger partial charge in [-0.15, -0.1) is 0 Å². The van der Waals surface area contributed by atoms with Gasteiger partial charge in [0.25, 0.3) is 0 Å². The predicted octanol–water partition coefficient (Wildman–Crippen LogP) is 4.56. The molecule has 0 radical (unpaired) electrons. The summed E-state index contributed by atoms with van der Waals surface area (Å²) in [4.78, 5) is 11.3. The zero-order valence-electron chi connectivity index (χ0n) is 15.4. The Morgan fingerprint density at radius 3 is 2.44 bits per heavy atom. The monoisotopic (exact) mass is 346 g/mol. The zero-order valence-corrected chi connectivity index (χ0v) is 15.4.